The molecular weight excluding hydrogens is 1400 g/mol. The van der Waals surface area contributed by atoms with Gasteiger partial charge in [-0.1, -0.05) is 96.9 Å². The van der Waals surface area contributed by atoms with Crippen LogP contribution in [0.5, 0.6) is 0 Å². The van der Waals surface area contributed by atoms with Crippen LogP contribution in [0.3, 0.4) is 0 Å². The normalized spacial score (nSPS) is 18.8. The summed E-state index contributed by atoms with van der Waals surface area (Å²) < 4.78 is 40.2. The highest BCUT2D eigenvalue weighted by molar-refractivity contribution is 5.96. The Balaban J connectivity index is 0.000000154. The number of likely N-dealkylation sites (tertiary alicyclic amines) is 4. The zero-order valence-electron chi connectivity index (χ0n) is 65.4. The Morgan fingerprint density at radius 3 is 1.36 bits per heavy atom. The number of aryl methyl sites for hydroxylation is 3. The molecule has 110 heavy (non-hydrogen) atoms. The second-order valence-corrected chi connectivity index (χ2v) is 31.0. The Morgan fingerprint density at radius 1 is 0.518 bits per heavy atom. The number of carbonyl (C=O) groups is 7. The minimum Gasteiger partial charge on any atom is -0.384 e. The van der Waals surface area contributed by atoms with Crippen LogP contribution >= 0.6 is 0 Å². The van der Waals surface area contributed by atoms with Crippen molar-refractivity contribution in [2.45, 2.75) is 221 Å². The number of halogens is 2. The van der Waals surface area contributed by atoms with Gasteiger partial charge in [-0.15, -0.1) is 0 Å². The van der Waals surface area contributed by atoms with Gasteiger partial charge in [-0.25, -0.2) is 37.3 Å². The number of Topliss-reactive ketones (excluding diaryl/α,β-unsaturated/α-hetero) is 2. The second-order valence-electron chi connectivity index (χ2n) is 31.0. The Morgan fingerprint density at radius 2 is 0.936 bits per heavy atom. The third kappa shape index (κ3) is 18.7. The molecule has 0 spiro atoms. The molecule has 9 aromatic rings. The molecule has 14 rings (SSSR count). The van der Waals surface area contributed by atoms with Gasteiger partial charge < -0.3 is 29.7 Å². The number of methoxy groups -OCH3 is 1. The lowest BCUT2D eigenvalue weighted by Gasteiger charge is -2.27. The molecule has 4 aliphatic heterocycles. The molecule has 4 atom stereocenters. The molecule has 0 radical (unpaired) electrons. The smallest absolute Gasteiger partial charge is 0.272 e. The number of nitrogens with zero attached hydrogens (tertiary/aromatic N) is 13. The van der Waals surface area contributed by atoms with Crippen molar-refractivity contribution >= 4 is 63.7 Å². The Bertz CT molecular complexity index is 4850. The number of ether oxygens (including phenoxy) is 1. The van der Waals surface area contributed by atoms with Crippen LogP contribution in [-0.2, 0) is 56.0 Å². The van der Waals surface area contributed by atoms with Crippen LogP contribution in [0.2, 0.25) is 0 Å². The Kier molecular flexibility index (Phi) is 25.9. The molecule has 1 saturated carbocycles. The van der Waals surface area contributed by atoms with Gasteiger partial charge in [-0.3, -0.25) is 33.6 Å². The van der Waals surface area contributed by atoms with Gasteiger partial charge in [0, 0.05) is 153 Å². The first-order valence-corrected chi connectivity index (χ1v) is 39.9. The highest BCUT2D eigenvalue weighted by Crippen LogP contribution is 2.46. The maximum Gasteiger partial charge on any atom is 0.272 e. The van der Waals surface area contributed by atoms with Crippen molar-refractivity contribution in [3.8, 4) is 33.8 Å². The van der Waals surface area contributed by atoms with Crippen molar-refractivity contribution in [2.75, 3.05) is 52.3 Å². The summed E-state index contributed by atoms with van der Waals surface area (Å²) in [6.45, 7) is 17.7. The maximum atomic E-state index is 15.1. The first kappa shape index (κ1) is 79.6. The summed E-state index contributed by atoms with van der Waals surface area (Å²) in [4.78, 5) is 111. The van der Waals surface area contributed by atoms with Gasteiger partial charge in [0.05, 0.1) is 23.7 Å². The van der Waals surface area contributed by atoms with E-state index < -0.39 is 11.6 Å². The number of aromatic nitrogens is 9. The van der Waals surface area contributed by atoms with E-state index in [1.54, 1.807) is 63.5 Å². The van der Waals surface area contributed by atoms with Gasteiger partial charge in [0.2, 0.25) is 11.8 Å². The molecule has 24 heteroatoms. The van der Waals surface area contributed by atoms with E-state index in [1.165, 1.54) is 12.1 Å². The van der Waals surface area contributed by atoms with Crippen molar-refractivity contribution in [1.29, 1.82) is 0 Å². The Hall–Kier alpha value is -9.97. The molecule has 5 aliphatic rings. The van der Waals surface area contributed by atoms with Gasteiger partial charge in [0.15, 0.2) is 16.9 Å². The molecule has 22 nitrogen and oxygen atoms in total. The highest BCUT2D eigenvalue weighted by atomic mass is 19.1. The van der Waals surface area contributed by atoms with Crippen molar-refractivity contribution in [3.05, 3.63) is 154 Å². The zero-order valence-corrected chi connectivity index (χ0v) is 65.4. The van der Waals surface area contributed by atoms with E-state index in [9.17, 15) is 33.6 Å². The summed E-state index contributed by atoms with van der Waals surface area (Å²) in [6, 6.07) is 28.7. The van der Waals surface area contributed by atoms with E-state index >= 15 is 8.78 Å². The van der Waals surface area contributed by atoms with Gasteiger partial charge >= 0.3 is 0 Å². The largest absolute Gasteiger partial charge is 0.384 e. The van der Waals surface area contributed by atoms with Crippen molar-refractivity contribution in [2.24, 2.45) is 11.3 Å². The first-order chi connectivity index (χ1) is 53.0. The van der Waals surface area contributed by atoms with Crippen LogP contribution in [0.4, 0.5) is 14.5 Å². The summed E-state index contributed by atoms with van der Waals surface area (Å²) >= 11 is 0. The number of carbonyl (C=O) groups excluding carboxylic acids is 7. The van der Waals surface area contributed by atoms with Crippen molar-refractivity contribution < 1.29 is 47.1 Å². The number of ketones is 2. The van der Waals surface area contributed by atoms with E-state index in [0.29, 0.717) is 99.2 Å². The molecule has 1 N–H and O–H groups in total. The predicted octanol–water partition coefficient (Wildman–Crippen LogP) is 15.0. The number of rotatable bonds is 20. The van der Waals surface area contributed by atoms with Crippen LogP contribution in [0.15, 0.2) is 97.1 Å². The lowest BCUT2D eigenvalue weighted by atomic mass is 9.96. The SMILES string of the molecule is CCc1cc(C(=O)N2CCCCCC2C)nc2cc(-c3ccc(CC(=O)C4(C)CC4)cc3F)nn12.CCc1cc(C(=O)N2CCCCCC2C)nc2cc(-c3ccc(CC(=O)CCOC)cc3F)nn12.CCc1cc(C(=O)N2CCCCCC2C)nc2cc(-c3ccc(NC(=O)CC4CCCCN(C)C4=O)cc3)nn12. The lowest BCUT2D eigenvalue weighted by molar-refractivity contribution is -0.135. The van der Waals surface area contributed by atoms with E-state index in [2.05, 4.69) is 53.2 Å². The average molecular weight is 1500 g/mol. The number of benzene rings is 3. The zero-order chi connectivity index (χ0) is 77.9. The highest BCUT2D eigenvalue weighted by Gasteiger charge is 2.44. The van der Waals surface area contributed by atoms with E-state index in [1.807, 2.05) is 89.5 Å². The molecule has 10 heterocycles. The quantitative estimate of drug-likeness (QED) is 0.0746. The molecule has 3 aromatic carbocycles. The van der Waals surface area contributed by atoms with Crippen LogP contribution in [0.1, 0.15) is 230 Å². The summed E-state index contributed by atoms with van der Waals surface area (Å²) in [5, 5.41) is 16.9. The molecular formula is C86H106F2N14O8. The molecule has 582 valence electrons. The summed E-state index contributed by atoms with van der Waals surface area (Å²) in [7, 11) is 3.36. The van der Waals surface area contributed by atoms with E-state index in [-0.39, 0.29) is 89.8 Å². The van der Waals surface area contributed by atoms with E-state index in [0.717, 1.165) is 170 Å². The standard InChI is InChI=1S/C31H40N6O3.C28H33FN4O2.C27H33FN4O3/c1-4-25-19-27(31(40)36-17-8-5-6-10-21(36)2)33-28-20-26(34-37(25)28)22-12-14-24(15-13-22)32-29(38)18-23-11-7-9-16-35(3)30(23)39;1-4-20-16-24(27(35)32-13-7-5-6-8-18(32)2)30-26-17-23(31-33(20)26)21-10-9-19(14-22(21)29)15-25(34)28(3)11-12-28;1-4-20-16-25(27(34)31-12-7-5-6-8-18(31)2)29-26-17-24(30-32(20)26)22-10-9-19(15-23(22)28)14-21(33)11-13-35-3/h12-15,19-21,23H,4-11,16-18H2,1-3H3,(H,32,38);9-10,14,16-18H,4-8,11-13,15H2,1-3H3;9-10,15-18H,4-8,11-14H2,1-3H3. The first-order valence-electron chi connectivity index (χ1n) is 39.9. The number of hydrogen-bond acceptors (Lipinski definition) is 14. The molecule has 4 saturated heterocycles. The molecule has 6 aromatic heterocycles. The number of fused-ring (bicyclic) bond motifs is 3. The van der Waals surface area contributed by atoms with Gasteiger partial charge in [0.25, 0.3) is 17.7 Å². The van der Waals surface area contributed by atoms with Crippen LogP contribution < -0.4 is 5.32 Å². The fourth-order valence-electron chi connectivity index (χ4n) is 15.6. The third-order valence-electron chi connectivity index (χ3n) is 22.7. The third-order valence-corrected chi connectivity index (χ3v) is 22.7. The monoisotopic (exact) mass is 1500 g/mol. The van der Waals surface area contributed by atoms with E-state index in [4.69, 9.17) is 14.8 Å². The fourth-order valence-corrected chi connectivity index (χ4v) is 15.6. The van der Waals surface area contributed by atoms with Gasteiger partial charge in [-0.2, -0.15) is 15.3 Å². The average Bonchev–Trinajstić information content (AvgIpc) is 1.62. The van der Waals surface area contributed by atoms with Crippen molar-refractivity contribution in [3.63, 3.8) is 0 Å². The van der Waals surface area contributed by atoms with Gasteiger partial charge in [-0.05, 0) is 170 Å². The number of amides is 5. The summed E-state index contributed by atoms with van der Waals surface area (Å²) in [5.74, 6) is -1.16. The minimum absolute atomic E-state index is 0.000517. The molecule has 5 amide bonds. The molecule has 0 bridgehead atoms. The molecule has 4 unspecified atom stereocenters. The van der Waals surface area contributed by atoms with Crippen LogP contribution in [-0.4, -0.2) is 170 Å². The topological polar surface area (TPSA) is 244 Å². The summed E-state index contributed by atoms with van der Waals surface area (Å²) in [5.41, 5.74) is 10.6. The van der Waals surface area contributed by atoms with Gasteiger partial charge in [0.1, 0.15) is 40.3 Å². The van der Waals surface area contributed by atoms with Crippen LogP contribution in [0, 0.1) is 23.0 Å². The molecule has 5 fully saturated rings. The number of hydrogen-bond donors (Lipinski definition) is 1. The minimum atomic E-state index is -0.446. The predicted molar refractivity (Wildman–Crippen MR) is 420 cm³/mol. The molecule has 1 aliphatic carbocycles. The lowest BCUT2D eigenvalue weighted by Crippen LogP contribution is -2.38. The summed E-state index contributed by atoms with van der Waals surface area (Å²) in [6.07, 6.45) is 20.4. The maximum absolute atomic E-state index is 15.1. The second kappa shape index (κ2) is 35.8. The fraction of sp³-hybridized carbons (Fsp3) is 0.500. The number of nitrogens with one attached hydrogen (secondary N) is 1. The van der Waals surface area contributed by atoms with Crippen molar-refractivity contribution in [1.82, 2.24) is 63.4 Å². The Labute approximate surface area is 643 Å². The van der Waals surface area contributed by atoms with Crippen LogP contribution in [0.25, 0.3) is 50.7 Å². The number of anilines is 1.